The maximum absolute atomic E-state index is 12.8. The van der Waals surface area contributed by atoms with Crippen LogP contribution >= 0.6 is 0 Å². The Bertz CT molecular complexity index is 857. The summed E-state index contributed by atoms with van der Waals surface area (Å²) in [5, 5.41) is 3.16. The lowest BCUT2D eigenvalue weighted by atomic mass is 9.89. The van der Waals surface area contributed by atoms with Crippen LogP contribution < -0.4 is 14.8 Å². The fourth-order valence-corrected chi connectivity index (χ4v) is 3.44. The third kappa shape index (κ3) is 4.44. The smallest absolute Gasteiger partial charge is 0.261 e. The van der Waals surface area contributed by atoms with E-state index in [1.54, 1.807) is 6.92 Å². The molecule has 0 aliphatic carbocycles. The molecule has 27 heavy (non-hydrogen) atoms. The van der Waals surface area contributed by atoms with Crippen molar-refractivity contribution in [1.29, 1.82) is 0 Å². The highest BCUT2D eigenvalue weighted by molar-refractivity contribution is 5.81. The zero-order valence-corrected chi connectivity index (χ0v) is 17.1. The van der Waals surface area contributed by atoms with Gasteiger partial charge in [-0.1, -0.05) is 23.8 Å². The summed E-state index contributed by atoms with van der Waals surface area (Å²) in [5.41, 5.74) is 4.20. The summed E-state index contributed by atoms with van der Waals surface area (Å²) >= 11 is 0. The van der Waals surface area contributed by atoms with Gasteiger partial charge in [0.25, 0.3) is 5.91 Å². The summed E-state index contributed by atoms with van der Waals surface area (Å²) in [5.74, 6) is 1.43. The van der Waals surface area contributed by atoms with Gasteiger partial charge in [0.15, 0.2) is 6.10 Å². The molecule has 1 aliphatic rings. The van der Waals surface area contributed by atoms with Crippen LogP contribution in [0.2, 0.25) is 0 Å². The topological polar surface area (TPSA) is 47.6 Å². The van der Waals surface area contributed by atoms with Gasteiger partial charge < -0.3 is 14.8 Å². The van der Waals surface area contributed by atoms with Gasteiger partial charge in [0, 0.05) is 12.0 Å². The molecule has 1 aliphatic heterocycles. The molecule has 0 aromatic heterocycles. The van der Waals surface area contributed by atoms with E-state index in [0.29, 0.717) is 12.2 Å². The normalized spacial score (nSPS) is 18.8. The van der Waals surface area contributed by atoms with Crippen molar-refractivity contribution in [1.82, 2.24) is 5.32 Å². The number of hydrogen-bond donors (Lipinski definition) is 1. The molecule has 0 radical (unpaired) electrons. The molecule has 0 saturated heterocycles. The van der Waals surface area contributed by atoms with Gasteiger partial charge >= 0.3 is 0 Å². The maximum atomic E-state index is 12.8. The Labute approximate surface area is 161 Å². The standard InChI is InChI=1S/C23H29NO3/c1-14-7-10-21-19(11-14)20(13-23(5,6)27-21)24-22(25)17(4)26-18-9-8-15(2)16(3)12-18/h7-12,17,20H,13H2,1-6H3,(H,24,25). The average molecular weight is 367 g/mol. The lowest BCUT2D eigenvalue weighted by molar-refractivity contribution is -0.128. The summed E-state index contributed by atoms with van der Waals surface area (Å²) < 4.78 is 12.0. The fourth-order valence-electron chi connectivity index (χ4n) is 3.44. The fraction of sp³-hybridized carbons (Fsp3) is 0.435. The number of carbonyl (C=O) groups excluding carboxylic acids is 1. The predicted molar refractivity (Wildman–Crippen MR) is 107 cm³/mol. The summed E-state index contributed by atoms with van der Waals surface area (Å²) in [6, 6.07) is 11.9. The first-order valence-corrected chi connectivity index (χ1v) is 9.48. The molecule has 144 valence electrons. The van der Waals surface area contributed by atoms with E-state index in [0.717, 1.165) is 22.4 Å². The average Bonchev–Trinajstić information content (AvgIpc) is 2.58. The Kier molecular flexibility index (Phi) is 5.18. The third-order valence-corrected chi connectivity index (χ3v) is 5.10. The molecule has 1 N–H and O–H groups in total. The molecule has 2 unspecified atom stereocenters. The zero-order chi connectivity index (χ0) is 19.8. The SMILES string of the molecule is Cc1ccc2c(c1)C(NC(=O)C(C)Oc1ccc(C)c(C)c1)CC(C)(C)O2. The van der Waals surface area contributed by atoms with Crippen LogP contribution in [0.1, 0.15) is 55.5 Å². The van der Waals surface area contributed by atoms with E-state index < -0.39 is 6.10 Å². The van der Waals surface area contributed by atoms with E-state index in [-0.39, 0.29) is 17.6 Å². The van der Waals surface area contributed by atoms with Crippen molar-refractivity contribution < 1.29 is 14.3 Å². The van der Waals surface area contributed by atoms with Gasteiger partial charge in [0.2, 0.25) is 0 Å². The minimum absolute atomic E-state index is 0.0954. The number of fused-ring (bicyclic) bond motifs is 1. The molecule has 3 rings (SSSR count). The van der Waals surface area contributed by atoms with Crippen molar-refractivity contribution in [2.75, 3.05) is 0 Å². The van der Waals surface area contributed by atoms with Crippen LogP contribution in [0.3, 0.4) is 0 Å². The lowest BCUT2D eigenvalue weighted by Crippen LogP contribution is -2.44. The van der Waals surface area contributed by atoms with Crippen molar-refractivity contribution in [2.45, 2.75) is 65.7 Å². The van der Waals surface area contributed by atoms with E-state index in [1.165, 1.54) is 5.56 Å². The molecule has 4 heteroatoms. The molecule has 2 aromatic rings. The summed E-state index contributed by atoms with van der Waals surface area (Å²) in [6.07, 6.45) is 0.136. The van der Waals surface area contributed by atoms with Gasteiger partial charge in [0.1, 0.15) is 17.1 Å². The first kappa shape index (κ1) is 19.3. The molecular formula is C23H29NO3. The summed E-state index contributed by atoms with van der Waals surface area (Å²) in [6.45, 7) is 12.0. The highest BCUT2D eigenvalue weighted by Gasteiger charge is 2.35. The largest absolute Gasteiger partial charge is 0.487 e. The van der Waals surface area contributed by atoms with Crippen LogP contribution in [-0.2, 0) is 4.79 Å². The van der Waals surface area contributed by atoms with Gasteiger partial charge in [-0.05, 0) is 70.9 Å². The second-order valence-electron chi connectivity index (χ2n) is 8.17. The third-order valence-electron chi connectivity index (χ3n) is 5.10. The molecule has 0 spiro atoms. The summed E-state index contributed by atoms with van der Waals surface area (Å²) in [4.78, 5) is 12.8. The van der Waals surface area contributed by atoms with Gasteiger partial charge in [-0.25, -0.2) is 0 Å². The number of aryl methyl sites for hydroxylation is 3. The minimum atomic E-state index is -0.577. The number of amides is 1. The Hall–Kier alpha value is -2.49. The van der Waals surface area contributed by atoms with Gasteiger partial charge in [-0.2, -0.15) is 0 Å². The highest BCUT2D eigenvalue weighted by Crippen LogP contribution is 2.39. The molecule has 0 bridgehead atoms. The monoisotopic (exact) mass is 367 g/mol. The number of nitrogens with one attached hydrogen (secondary N) is 1. The van der Waals surface area contributed by atoms with E-state index in [9.17, 15) is 4.79 Å². The van der Waals surface area contributed by atoms with Crippen molar-refractivity contribution in [2.24, 2.45) is 0 Å². The highest BCUT2D eigenvalue weighted by atomic mass is 16.5. The number of rotatable bonds is 4. The molecule has 2 atom stereocenters. The molecule has 0 saturated carbocycles. The van der Waals surface area contributed by atoms with Crippen molar-refractivity contribution in [3.63, 3.8) is 0 Å². The van der Waals surface area contributed by atoms with Crippen LogP contribution in [0.5, 0.6) is 11.5 Å². The first-order chi connectivity index (χ1) is 12.6. The van der Waals surface area contributed by atoms with Crippen molar-refractivity contribution in [3.8, 4) is 11.5 Å². The molecule has 1 amide bonds. The molecule has 0 fully saturated rings. The number of carbonyl (C=O) groups is 1. The Morgan fingerprint density at radius 2 is 1.89 bits per heavy atom. The van der Waals surface area contributed by atoms with Crippen molar-refractivity contribution in [3.05, 3.63) is 58.7 Å². The van der Waals surface area contributed by atoms with Gasteiger partial charge in [-0.15, -0.1) is 0 Å². The van der Waals surface area contributed by atoms with E-state index in [4.69, 9.17) is 9.47 Å². The van der Waals surface area contributed by atoms with Crippen LogP contribution in [-0.4, -0.2) is 17.6 Å². The van der Waals surface area contributed by atoms with E-state index in [1.807, 2.05) is 58.0 Å². The van der Waals surface area contributed by atoms with Crippen LogP contribution in [0.25, 0.3) is 0 Å². The Morgan fingerprint density at radius 3 is 2.59 bits per heavy atom. The molecule has 2 aromatic carbocycles. The van der Waals surface area contributed by atoms with E-state index in [2.05, 4.69) is 18.3 Å². The Balaban J connectivity index is 1.74. The second kappa shape index (κ2) is 7.26. The molecule has 1 heterocycles. The first-order valence-electron chi connectivity index (χ1n) is 9.48. The molecule has 4 nitrogen and oxygen atoms in total. The lowest BCUT2D eigenvalue weighted by Gasteiger charge is -2.38. The van der Waals surface area contributed by atoms with Crippen molar-refractivity contribution >= 4 is 5.91 Å². The summed E-state index contributed by atoms with van der Waals surface area (Å²) in [7, 11) is 0. The van der Waals surface area contributed by atoms with Crippen LogP contribution in [0.4, 0.5) is 0 Å². The van der Waals surface area contributed by atoms with Gasteiger partial charge in [-0.3, -0.25) is 4.79 Å². The number of hydrogen-bond acceptors (Lipinski definition) is 3. The quantitative estimate of drug-likeness (QED) is 0.844. The Morgan fingerprint density at radius 1 is 1.15 bits per heavy atom. The van der Waals surface area contributed by atoms with Crippen LogP contribution in [0, 0.1) is 20.8 Å². The van der Waals surface area contributed by atoms with Gasteiger partial charge in [0.05, 0.1) is 6.04 Å². The van der Waals surface area contributed by atoms with E-state index >= 15 is 0 Å². The number of ether oxygens (including phenoxy) is 2. The predicted octanol–water partition coefficient (Wildman–Crippen LogP) is 4.80. The minimum Gasteiger partial charge on any atom is -0.487 e. The zero-order valence-electron chi connectivity index (χ0n) is 17.1. The van der Waals surface area contributed by atoms with Crippen LogP contribution in [0.15, 0.2) is 36.4 Å². The maximum Gasteiger partial charge on any atom is 0.261 e. The molecular weight excluding hydrogens is 338 g/mol. The second-order valence-corrected chi connectivity index (χ2v) is 8.17. The number of benzene rings is 2.